The van der Waals surface area contributed by atoms with E-state index < -0.39 is 0 Å². The summed E-state index contributed by atoms with van der Waals surface area (Å²) >= 11 is 0. The summed E-state index contributed by atoms with van der Waals surface area (Å²) < 4.78 is 11.5. The number of benzene rings is 2. The van der Waals surface area contributed by atoms with Gasteiger partial charge >= 0.3 is 0 Å². The first-order chi connectivity index (χ1) is 12.7. The number of fused-ring (bicyclic) bond motifs is 2. The molecule has 1 N–H and O–H groups in total. The second kappa shape index (κ2) is 7.40. The van der Waals surface area contributed by atoms with E-state index in [1.165, 1.54) is 11.1 Å². The molecule has 26 heavy (non-hydrogen) atoms. The maximum Gasteiger partial charge on any atom is 0.228 e. The fourth-order valence-corrected chi connectivity index (χ4v) is 3.87. The largest absolute Gasteiger partial charge is 0.490 e. The van der Waals surface area contributed by atoms with Crippen molar-refractivity contribution in [2.75, 3.05) is 13.2 Å². The molecule has 0 aromatic heterocycles. The van der Waals surface area contributed by atoms with Crippen LogP contribution in [0.5, 0.6) is 11.5 Å². The maximum absolute atomic E-state index is 12.9. The van der Waals surface area contributed by atoms with E-state index in [0.717, 1.165) is 42.7 Å². The summed E-state index contributed by atoms with van der Waals surface area (Å²) in [5, 5.41) is 3.19. The van der Waals surface area contributed by atoms with Gasteiger partial charge in [0, 0.05) is 6.42 Å². The second-order valence-electron chi connectivity index (χ2n) is 7.13. The molecule has 2 unspecified atom stereocenters. The molecule has 0 saturated carbocycles. The van der Waals surface area contributed by atoms with Crippen LogP contribution in [0, 0.1) is 0 Å². The Morgan fingerprint density at radius 2 is 1.88 bits per heavy atom. The van der Waals surface area contributed by atoms with Crippen LogP contribution in [-0.4, -0.2) is 19.1 Å². The summed E-state index contributed by atoms with van der Waals surface area (Å²) in [5.41, 5.74) is 3.52. The molecule has 2 aromatic rings. The molecule has 1 heterocycles. The van der Waals surface area contributed by atoms with Gasteiger partial charge in [-0.05, 0) is 55.0 Å². The van der Waals surface area contributed by atoms with Crippen LogP contribution in [0.2, 0.25) is 0 Å². The predicted molar refractivity (Wildman–Crippen MR) is 101 cm³/mol. The van der Waals surface area contributed by atoms with Crippen molar-refractivity contribution in [2.45, 2.75) is 44.6 Å². The third-order valence-electron chi connectivity index (χ3n) is 5.32. The highest BCUT2D eigenvalue weighted by atomic mass is 16.5. The first-order valence-corrected chi connectivity index (χ1v) is 9.50. The Morgan fingerprint density at radius 1 is 1.08 bits per heavy atom. The first kappa shape index (κ1) is 17.0. The van der Waals surface area contributed by atoms with Crippen LogP contribution in [0.3, 0.4) is 0 Å². The molecule has 0 radical (unpaired) electrons. The van der Waals surface area contributed by atoms with E-state index in [0.29, 0.717) is 13.2 Å². The van der Waals surface area contributed by atoms with E-state index in [9.17, 15) is 4.79 Å². The lowest BCUT2D eigenvalue weighted by Gasteiger charge is -2.26. The molecular formula is C22H25NO3. The molecule has 1 aliphatic carbocycles. The Labute approximate surface area is 154 Å². The number of amides is 1. The lowest BCUT2D eigenvalue weighted by atomic mass is 9.82. The normalized spacial score (nSPS) is 19.8. The number of hydrogen-bond acceptors (Lipinski definition) is 3. The number of aryl methyl sites for hydroxylation is 1. The van der Waals surface area contributed by atoms with Gasteiger partial charge in [0.2, 0.25) is 5.91 Å². The van der Waals surface area contributed by atoms with Gasteiger partial charge in [0.05, 0.1) is 25.2 Å². The molecular weight excluding hydrogens is 326 g/mol. The van der Waals surface area contributed by atoms with Crippen molar-refractivity contribution in [1.29, 1.82) is 0 Å². The topological polar surface area (TPSA) is 47.6 Å². The van der Waals surface area contributed by atoms with Crippen molar-refractivity contribution < 1.29 is 14.3 Å². The summed E-state index contributed by atoms with van der Waals surface area (Å²) in [6.45, 7) is 3.36. The molecule has 2 aromatic carbocycles. The molecule has 0 fully saturated rings. The Bertz CT molecular complexity index is 802. The monoisotopic (exact) mass is 351 g/mol. The summed E-state index contributed by atoms with van der Waals surface area (Å²) in [4.78, 5) is 12.9. The van der Waals surface area contributed by atoms with Crippen LogP contribution in [0.4, 0.5) is 0 Å². The van der Waals surface area contributed by atoms with E-state index in [-0.39, 0.29) is 17.9 Å². The molecule has 2 aliphatic rings. The van der Waals surface area contributed by atoms with Crippen molar-refractivity contribution in [1.82, 2.24) is 5.32 Å². The average molecular weight is 351 g/mol. The van der Waals surface area contributed by atoms with Crippen LogP contribution < -0.4 is 14.8 Å². The highest BCUT2D eigenvalue weighted by Gasteiger charge is 2.27. The van der Waals surface area contributed by atoms with Crippen molar-refractivity contribution in [3.05, 3.63) is 59.2 Å². The van der Waals surface area contributed by atoms with E-state index >= 15 is 0 Å². The highest BCUT2D eigenvalue weighted by Crippen LogP contribution is 2.34. The van der Waals surface area contributed by atoms with E-state index in [1.807, 2.05) is 31.2 Å². The van der Waals surface area contributed by atoms with E-state index in [1.54, 1.807) is 0 Å². The van der Waals surface area contributed by atoms with E-state index in [4.69, 9.17) is 9.47 Å². The Hall–Kier alpha value is -2.49. The number of hydrogen-bond donors (Lipinski definition) is 1. The third-order valence-corrected chi connectivity index (χ3v) is 5.32. The van der Waals surface area contributed by atoms with Gasteiger partial charge in [0.15, 0.2) is 11.5 Å². The zero-order valence-corrected chi connectivity index (χ0v) is 15.2. The van der Waals surface area contributed by atoms with Gasteiger partial charge < -0.3 is 14.8 Å². The molecule has 2 atom stereocenters. The summed E-state index contributed by atoms with van der Waals surface area (Å²) in [6.07, 6.45) is 3.93. The van der Waals surface area contributed by atoms with Crippen LogP contribution in [-0.2, 0) is 11.2 Å². The van der Waals surface area contributed by atoms with Gasteiger partial charge in [-0.3, -0.25) is 4.79 Å². The SMILES string of the molecule is CC(NC(=O)C1CCCc2ccccc21)c1ccc2c(c1)OCCCO2. The van der Waals surface area contributed by atoms with Crippen molar-refractivity contribution in [3.63, 3.8) is 0 Å². The highest BCUT2D eigenvalue weighted by molar-refractivity contribution is 5.84. The first-order valence-electron chi connectivity index (χ1n) is 9.50. The molecule has 0 saturated heterocycles. The van der Waals surface area contributed by atoms with Gasteiger partial charge in [-0.15, -0.1) is 0 Å². The van der Waals surface area contributed by atoms with Gasteiger partial charge in [-0.2, -0.15) is 0 Å². The van der Waals surface area contributed by atoms with Gasteiger partial charge in [-0.1, -0.05) is 30.3 Å². The fraction of sp³-hybridized carbons (Fsp3) is 0.409. The lowest BCUT2D eigenvalue weighted by molar-refractivity contribution is -0.123. The quantitative estimate of drug-likeness (QED) is 0.904. The second-order valence-corrected chi connectivity index (χ2v) is 7.13. The summed E-state index contributed by atoms with van der Waals surface area (Å²) in [6, 6.07) is 14.2. The Kier molecular flexibility index (Phi) is 4.83. The smallest absolute Gasteiger partial charge is 0.228 e. The molecule has 1 amide bonds. The number of nitrogens with one attached hydrogen (secondary N) is 1. The zero-order valence-electron chi connectivity index (χ0n) is 15.2. The molecule has 136 valence electrons. The van der Waals surface area contributed by atoms with Gasteiger partial charge in [-0.25, -0.2) is 0 Å². The van der Waals surface area contributed by atoms with Crippen molar-refractivity contribution >= 4 is 5.91 Å². The minimum absolute atomic E-state index is 0.0530. The van der Waals surface area contributed by atoms with Crippen LogP contribution in [0.15, 0.2) is 42.5 Å². The van der Waals surface area contributed by atoms with Gasteiger partial charge in [0.1, 0.15) is 0 Å². The minimum Gasteiger partial charge on any atom is -0.490 e. The van der Waals surface area contributed by atoms with Crippen molar-refractivity contribution in [2.24, 2.45) is 0 Å². The minimum atomic E-state index is -0.0752. The third kappa shape index (κ3) is 3.41. The predicted octanol–water partition coefficient (Wildman–Crippen LogP) is 4.15. The van der Waals surface area contributed by atoms with Gasteiger partial charge in [0.25, 0.3) is 0 Å². The van der Waals surface area contributed by atoms with Crippen LogP contribution in [0.1, 0.15) is 54.8 Å². The lowest BCUT2D eigenvalue weighted by Crippen LogP contribution is -2.33. The maximum atomic E-state index is 12.9. The Balaban J connectivity index is 1.49. The van der Waals surface area contributed by atoms with Crippen molar-refractivity contribution in [3.8, 4) is 11.5 Å². The van der Waals surface area contributed by atoms with Crippen LogP contribution >= 0.6 is 0 Å². The number of carbonyl (C=O) groups excluding carboxylic acids is 1. The van der Waals surface area contributed by atoms with E-state index in [2.05, 4.69) is 23.5 Å². The number of carbonyl (C=O) groups is 1. The fourth-order valence-electron chi connectivity index (χ4n) is 3.87. The molecule has 4 nitrogen and oxygen atoms in total. The zero-order chi connectivity index (χ0) is 17.9. The molecule has 0 bridgehead atoms. The molecule has 4 heteroatoms. The Morgan fingerprint density at radius 3 is 2.77 bits per heavy atom. The number of rotatable bonds is 3. The van der Waals surface area contributed by atoms with Crippen LogP contribution in [0.25, 0.3) is 0 Å². The molecule has 1 aliphatic heterocycles. The molecule has 0 spiro atoms. The number of ether oxygens (including phenoxy) is 2. The molecule has 4 rings (SSSR count). The standard InChI is InChI=1S/C22H25NO3/c1-15(17-10-11-20-21(14-17)26-13-5-12-25-20)23-22(24)19-9-4-7-16-6-2-3-8-18(16)19/h2-3,6,8,10-11,14-15,19H,4-5,7,9,12-13H2,1H3,(H,23,24). The summed E-state index contributed by atoms with van der Waals surface area (Å²) in [7, 11) is 0. The summed E-state index contributed by atoms with van der Waals surface area (Å²) in [5.74, 6) is 1.61. The average Bonchev–Trinajstić information content (AvgIpc) is 2.92.